The zero-order valence-corrected chi connectivity index (χ0v) is 7.38. The van der Waals surface area contributed by atoms with Crippen LogP contribution in [-0.2, 0) is 9.53 Å². The number of carbonyl (C=O) groups excluding carboxylic acids is 1. The number of esters is 1. The van der Waals surface area contributed by atoms with Crippen LogP contribution < -0.4 is 0 Å². The molecule has 3 aliphatic rings. The van der Waals surface area contributed by atoms with Crippen LogP contribution in [-0.4, -0.2) is 12.6 Å². The summed E-state index contributed by atoms with van der Waals surface area (Å²) in [6.45, 7) is 2.98. The van der Waals surface area contributed by atoms with Crippen LogP contribution >= 0.6 is 0 Å². The summed E-state index contributed by atoms with van der Waals surface area (Å²) in [5, 5.41) is 0. The van der Waals surface area contributed by atoms with Gasteiger partial charge in [0.1, 0.15) is 0 Å². The van der Waals surface area contributed by atoms with Crippen LogP contribution in [0.1, 0.15) is 26.2 Å². The fourth-order valence-electron chi connectivity index (χ4n) is 3.71. The maximum atomic E-state index is 11.4. The van der Waals surface area contributed by atoms with Crippen LogP contribution in [0.2, 0.25) is 0 Å². The van der Waals surface area contributed by atoms with Gasteiger partial charge in [0.15, 0.2) is 0 Å². The van der Waals surface area contributed by atoms with E-state index in [0.717, 1.165) is 5.92 Å². The minimum Gasteiger partial charge on any atom is -0.465 e. The highest BCUT2D eigenvalue weighted by molar-refractivity contribution is 5.76. The maximum absolute atomic E-state index is 11.4. The van der Waals surface area contributed by atoms with Crippen LogP contribution in [0.25, 0.3) is 0 Å². The van der Waals surface area contributed by atoms with E-state index in [2.05, 4.69) is 6.92 Å². The largest absolute Gasteiger partial charge is 0.465 e. The number of carbonyl (C=O) groups is 1. The summed E-state index contributed by atoms with van der Waals surface area (Å²) in [6.07, 6.45) is 3.85. The third-order valence-corrected chi connectivity index (χ3v) is 4.27. The summed E-state index contributed by atoms with van der Waals surface area (Å²) in [5.74, 6) is 1.73. The van der Waals surface area contributed by atoms with Crippen LogP contribution in [0.15, 0.2) is 0 Å². The molecule has 0 aromatic carbocycles. The van der Waals surface area contributed by atoms with Crippen molar-refractivity contribution in [2.75, 3.05) is 6.61 Å². The third kappa shape index (κ3) is 0.606. The second-order valence-electron chi connectivity index (χ2n) is 4.93. The number of hydrogen-bond acceptors (Lipinski definition) is 2. The van der Waals surface area contributed by atoms with Crippen molar-refractivity contribution in [1.29, 1.82) is 0 Å². The highest BCUT2D eigenvalue weighted by atomic mass is 16.5. The van der Waals surface area contributed by atoms with Crippen molar-refractivity contribution in [3.05, 3.63) is 0 Å². The molecule has 0 amide bonds. The van der Waals surface area contributed by atoms with Crippen molar-refractivity contribution in [1.82, 2.24) is 0 Å². The van der Waals surface area contributed by atoms with Crippen LogP contribution in [0, 0.1) is 23.2 Å². The zero-order chi connectivity index (χ0) is 8.34. The van der Waals surface area contributed by atoms with Crippen molar-refractivity contribution in [2.24, 2.45) is 23.2 Å². The van der Waals surface area contributed by atoms with Crippen molar-refractivity contribution < 1.29 is 9.53 Å². The first-order valence-electron chi connectivity index (χ1n) is 4.87. The number of cyclic esters (lactones) is 1. The molecule has 0 spiro atoms. The Balaban J connectivity index is 2.03. The highest BCUT2D eigenvalue weighted by Crippen LogP contribution is 2.62. The highest BCUT2D eigenvalue weighted by Gasteiger charge is 2.61. The van der Waals surface area contributed by atoms with E-state index in [1.165, 1.54) is 19.3 Å². The molecule has 2 nitrogen and oxygen atoms in total. The van der Waals surface area contributed by atoms with E-state index in [0.29, 0.717) is 17.9 Å². The van der Waals surface area contributed by atoms with Gasteiger partial charge in [0, 0.05) is 5.92 Å². The van der Waals surface area contributed by atoms with Gasteiger partial charge in [0.05, 0.1) is 12.5 Å². The Hall–Kier alpha value is -0.530. The summed E-state index contributed by atoms with van der Waals surface area (Å²) in [6, 6.07) is 0. The second kappa shape index (κ2) is 1.86. The quantitative estimate of drug-likeness (QED) is 0.511. The Morgan fingerprint density at radius 2 is 2.42 bits per heavy atom. The van der Waals surface area contributed by atoms with Crippen LogP contribution in [0.3, 0.4) is 0 Å². The summed E-state index contributed by atoms with van der Waals surface area (Å²) < 4.78 is 5.13. The van der Waals surface area contributed by atoms with Crippen LogP contribution in [0.5, 0.6) is 0 Å². The lowest BCUT2D eigenvalue weighted by Gasteiger charge is -2.28. The average Bonchev–Trinajstić information content (AvgIpc) is 2.61. The molecule has 1 saturated heterocycles. The Kier molecular flexibility index (Phi) is 1.07. The van der Waals surface area contributed by atoms with Gasteiger partial charge in [0.2, 0.25) is 0 Å². The maximum Gasteiger partial charge on any atom is 0.309 e. The molecule has 12 heavy (non-hydrogen) atoms. The topological polar surface area (TPSA) is 26.3 Å². The lowest BCUT2D eigenvalue weighted by molar-refractivity contribution is -0.144. The van der Waals surface area contributed by atoms with Gasteiger partial charge < -0.3 is 4.74 Å². The first-order chi connectivity index (χ1) is 5.71. The first-order valence-corrected chi connectivity index (χ1v) is 4.87. The molecule has 2 bridgehead atoms. The smallest absolute Gasteiger partial charge is 0.309 e. The fraction of sp³-hybridized carbons (Fsp3) is 0.900. The van der Waals surface area contributed by atoms with Gasteiger partial charge in [-0.15, -0.1) is 0 Å². The Bertz CT molecular complexity index is 248. The molecule has 0 aromatic rings. The standard InChI is InChI=1S/C10H14O2/c1-10-3-2-6(4-10)7-5-12-9(11)8(7)10/h6-8H,2-5H2,1H3. The molecule has 3 fully saturated rings. The Morgan fingerprint density at radius 1 is 1.58 bits per heavy atom. The minimum atomic E-state index is 0.0877. The Labute approximate surface area is 72.3 Å². The van der Waals surface area contributed by atoms with Crippen molar-refractivity contribution in [3.63, 3.8) is 0 Å². The molecule has 2 heteroatoms. The Morgan fingerprint density at radius 3 is 3.17 bits per heavy atom. The molecule has 0 N–H and O–H groups in total. The predicted octanol–water partition coefficient (Wildman–Crippen LogP) is 1.60. The number of rotatable bonds is 0. The van der Waals surface area contributed by atoms with E-state index in [1.807, 2.05) is 0 Å². The molecule has 1 aliphatic heterocycles. The molecule has 0 radical (unpaired) electrons. The van der Waals surface area contributed by atoms with E-state index < -0.39 is 0 Å². The number of ether oxygens (including phenoxy) is 1. The normalized spacial score (nSPS) is 55.8. The van der Waals surface area contributed by atoms with Gasteiger partial charge in [-0.25, -0.2) is 0 Å². The van der Waals surface area contributed by atoms with Gasteiger partial charge in [0.25, 0.3) is 0 Å². The first kappa shape index (κ1) is 6.93. The molecule has 2 aliphatic carbocycles. The van der Waals surface area contributed by atoms with Gasteiger partial charge >= 0.3 is 5.97 Å². The van der Waals surface area contributed by atoms with Crippen molar-refractivity contribution in [2.45, 2.75) is 26.2 Å². The van der Waals surface area contributed by atoms with E-state index in [4.69, 9.17) is 4.74 Å². The number of hydrogen-bond donors (Lipinski definition) is 0. The van der Waals surface area contributed by atoms with Gasteiger partial charge in [-0.3, -0.25) is 4.79 Å². The SMILES string of the molecule is CC12CCC(C1)C1COC(=O)C12. The van der Waals surface area contributed by atoms with Gasteiger partial charge in [-0.05, 0) is 30.6 Å². The predicted molar refractivity (Wildman–Crippen MR) is 43.4 cm³/mol. The molecule has 66 valence electrons. The summed E-state index contributed by atoms with van der Waals surface area (Å²) >= 11 is 0. The third-order valence-electron chi connectivity index (χ3n) is 4.27. The van der Waals surface area contributed by atoms with E-state index >= 15 is 0 Å². The van der Waals surface area contributed by atoms with Gasteiger partial charge in [-0.1, -0.05) is 6.92 Å². The van der Waals surface area contributed by atoms with Gasteiger partial charge in [-0.2, -0.15) is 0 Å². The fourth-order valence-corrected chi connectivity index (χ4v) is 3.71. The summed E-state index contributed by atoms with van der Waals surface area (Å²) in [7, 11) is 0. The van der Waals surface area contributed by atoms with Crippen LogP contribution in [0.4, 0.5) is 0 Å². The lowest BCUT2D eigenvalue weighted by atomic mass is 9.73. The molecule has 0 aromatic heterocycles. The zero-order valence-electron chi connectivity index (χ0n) is 7.38. The summed E-state index contributed by atoms with van der Waals surface area (Å²) in [4.78, 5) is 11.4. The molecule has 3 rings (SSSR count). The molecule has 2 saturated carbocycles. The molecular weight excluding hydrogens is 152 g/mol. The molecule has 4 atom stereocenters. The second-order valence-corrected chi connectivity index (χ2v) is 4.93. The van der Waals surface area contributed by atoms with E-state index in [9.17, 15) is 4.79 Å². The molecule has 1 heterocycles. The monoisotopic (exact) mass is 166 g/mol. The van der Waals surface area contributed by atoms with E-state index in [1.54, 1.807) is 0 Å². The summed E-state index contributed by atoms with van der Waals surface area (Å²) in [5.41, 5.74) is 0.308. The molecule has 4 unspecified atom stereocenters. The molecular formula is C10H14O2. The minimum absolute atomic E-state index is 0.0877. The lowest BCUT2D eigenvalue weighted by Crippen LogP contribution is -2.30. The average molecular weight is 166 g/mol. The van der Waals surface area contributed by atoms with Crippen molar-refractivity contribution >= 4 is 5.97 Å². The van der Waals surface area contributed by atoms with E-state index in [-0.39, 0.29) is 11.9 Å². The van der Waals surface area contributed by atoms with Crippen molar-refractivity contribution in [3.8, 4) is 0 Å². The number of fused-ring (bicyclic) bond motifs is 5.